The highest BCUT2D eigenvalue weighted by Gasteiger charge is 2.41. The minimum atomic E-state index is -1.59. The van der Waals surface area contributed by atoms with Crippen LogP contribution in [-0.4, -0.2) is 175 Å². The summed E-state index contributed by atoms with van der Waals surface area (Å²) < 4.78 is 23.8. The number of aryl methyl sites for hydroxylation is 1. The van der Waals surface area contributed by atoms with E-state index >= 15 is 4.79 Å². The number of nitrogens with two attached hydrogens (primary N) is 1. The third-order valence-corrected chi connectivity index (χ3v) is 20.0. The van der Waals surface area contributed by atoms with E-state index in [0.717, 1.165) is 27.8 Å². The maximum absolute atomic E-state index is 15.2. The molecular formula is C90H135N7O17. The Labute approximate surface area is 677 Å². The van der Waals surface area contributed by atoms with E-state index in [-0.39, 0.29) is 94.8 Å². The van der Waals surface area contributed by atoms with E-state index in [1.165, 1.54) is 4.90 Å². The molecule has 1 fully saturated rings. The van der Waals surface area contributed by atoms with Crippen LogP contribution in [0.3, 0.4) is 0 Å². The molecule has 1 aliphatic rings. The number of rotatable bonds is 45. The van der Waals surface area contributed by atoms with E-state index in [4.69, 9.17) is 24.7 Å². The number of carbonyl (C=O) groups is 10. The number of hydrogen-bond donors (Lipinski definition) is 9. The van der Waals surface area contributed by atoms with Crippen molar-refractivity contribution in [3.8, 4) is 16.9 Å². The van der Waals surface area contributed by atoms with E-state index in [2.05, 4.69) is 26.6 Å². The van der Waals surface area contributed by atoms with Gasteiger partial charge in [-0.1, -0.05) is 124 Å². The van der Waals surface area contributed by atoms with Crippen LogP contribution in [0, 0.1) is 36.5 Å². The van der Waals surface area contributed by atoms with Crippen molar-refractivity contribution in [1.29, 1.82) is 0 Å². The summed E-state index contributed by atoms with van der Waals surface area (Å²) in [6, 6.07) is 25.6. The first-order valence-electron chi connectivity index (χ1n) is 41.0. The summed E-state index contributed by atoms with van der Waals surface area (Å²) in [4.78, 5) is 144. The molecule has 4 aromatic carbocycles. The Bertz CT molecular complexity index is 3750. The maximum atomic E-state index is 15.2. The van der Waals surface area contributed by atoms with Crippen molar-refractivity contribution in [3.63, 3.8) is 0 Å². The topological polar surface area (TPSA) is 358 Å². The van der Waals surface area contributed by atoms with Crippen molar-refractivity contribution in [3.05, 3.63) is 125 Å². The molecule has 0 aliphatic carbocycles. The number of ether oxygens (including phenoxy) is 4. The highest BCUT2D eigenvalue weighted by molar-refractivity contribution is 5.97. The van der Waals surface area contributed by atoms with Gasteiger partial charge in [-0.2, -0.15) is 0 Å². The molecular weight excluding hydrogens is 1450 g/mol. The molecule has 14 atom stereocenters. The van der Waals surface area contributed by atoms with Gasteiger partial charge in [0.15, 0.2) is 17.3 Å². The summed E-state index contributed by atoms with van der Waals surface area (Å²) in [5.74, 6) is -8.98. The summed E-state index contributed by atoms with van der Waals surface area (Å²) in [7, 11) is 0. The maximum Gasteiger partial charge on any atom is 0.308 e. The minimum absolute atomic E-state index is 0.0381. The lowest BCUT2D eigenvalue weighted by molar-refractivity contribution is -0.158. The van der Waals surface area contributed by atoms with Crippen LogP contribution < -0.4 is 37.1 Å². The second-order valence-electron chi connectivity index (χ2n) is 35.4. The number of ketones is 3. The van der Waals surface area contributed by atoms with Gasteiger partial charge in [0.25, 0.3) is 0 Å². The van der Waals surface area contributed by atoms with Crippen molar-refractivity contribution in [1.82, 2.24) is 31.5 Å². The summed E-state index contributed by atoms with van der Waals surface area (Å²) >= 11 is 0. The first kappa shape index (κ1) is 96.3. The fraction of sp³-hybridized carbons (Fsp3) is 0.622. The van der Waals surface area contributed by atoms with Gasteiger partial charge in [0.1, 0.15) is 34.8 Å². The molecule has 5 amide bonds. The van der Waals surface area contributed by atoms with E-state index in [1.54, 1.807) is 114 Å². The third-order valence-electron chi connectivity index (χ3n) is 20.0. The van der Waals surface area contributed by atoms with Crippen molar-refractivity contribution in [2.24, 2.45) is 35.3 Å². The second kappa shape index (κ2) is 44.7. The molecule has 1 heterocycles. The molecule has 114 heavy (non-hydrogen) atoms. The molecule has 1 unspecified atom stereocenters. The van der Waals surface area contributed by atoms with Crippen LogP contribution in [-0.2, 0) is 81.4 Å². The number of benzene rings is 4. The van der Waals surface area contributed by atoms with Crippen LogP contribution in [0.4, 0.5) is 0 Å². The number of carbonyl (C=O) groups excluding carboxylic acids is 10. The first-order valence-corrected chi connectivity index (χ1v) is 41.0. The summed E-state index contributed by atoms with van der Waals surface area (Å²) in [5, 5.41) is 52.1. The Hall–Kier alpha value is -8.26. The van der Waals surface area contributed by atoms with Gasteiger partial charge in [0.2, 0.25) is 29.5 Å². The quantitative estimate of drug-likeness (QED) is 0.0147. The molecule has 0 bridgehead atoms. The van der Waals surface area contributed by atoms with Gasteiger partial charge in [-0.3, -0.25) is 53.3 Å². The molecule has 24 nitrogen and oxygen atoms in total. The lowest BCUT2D eigenvalue weighted by Gasteiger charge is -2.33. The fourth-order valence-electron chi connectivity index (χ4n) is 14.3. The van der Waals surface area contributed by atoms with E-state index in [0.29, 0.717) is 37.1 Å². The SMILES string of the molecule is CCNC(=O)[C@H](CC(=O)OC(C)(C)C)C[C@@H](O)[C@H](Cc1ccc(-c2ccccc2)cc1)NC(=O)[C@H](CC)CC(=O)[C@@H](NC(=O)CC[C@@H](O)[C@H](Cc1ccc(C)cc1)N[C@H](O)[C@@H](CC(=O)[C@H](CC(=O)OC(C)(C)C)NC(=O)[C@H](CC)CC(=O)[C@@H]1CCCN1C(=O)[C@@H](N)CC(C)C)Cc1ccc(OC(C)(C)C)cc1)C(C)OC(C)(C)C. The second-order valence-corrected chi connectivity index (χ2v) is 35.4. The standard InChI is InChI=1S/C90H135N7O17/c1-20-61(49-76(101)72-29-26-44-97(72)86(110)68(91)45-55(4)5)83(107)95-71(54-80(105)114-90(17,18)19)75(100)51-65(46-58-36-40-67(41-37-58)112-88(11,12)13)85(109)93-69(47-59-32-30-56(6)31-33-59)73(98)42-43-78(103)96-81(57(7)111-87(8,9)10)77(102)50-62(21-2)84(108)94-70(48-60-34-38-64(39-35-60)63-27-24-23-25-28-63)74(99)52-66(82(106)92-22-3)53-79(104)113-89(14,15)16/h23-25,27-28,30-41,55,57,61-62,65-66,68-74,81,85,93,98-99,109H,20-22,26,29,42-54,91H2,1-19H3,(H,92,106)(H,94,108)(H,95,107)(H,96,103)/t57?,61-,62-,65-,66+,68+,69+,70+,71+,72+,73-,74-,81+,85-/m1/s1. The highest BCUT2D eigenvalue weighted by Crippen LogP contribution is 2.30. The Morgan fingerprint density at radius 1 is 0.553 bits per heavy atom. The van der Waals surface area contributed by atoms with Crippen LogP contribution in [0.1, 0.15) is 230 Å². The first-order chi connectivity index (χ1) is 53.2. The van der Waals surface area contributed by atoms with Crippen LogP contribution in [0.2, 0.25) is 0 Å². The van der Waals surface area contributed by atoms with Crippen molar-refractivity contribution in [2.45, 2.75) is 317 Å². The predicted molar refractivity (Wildman–Crippen MR) is 441 cm³/mol. The molecule has 1 saturated heterocycles. The normalized spacial score (nSPS) is 16.9. The van der Waals surface area contributed by atoms with Crippen molar-refractivity contribution in [2.75, 3.05) is 13.1 Å². The van der Waals surface area contributed by atoms with Gasteiger partial charge < -0.3 is 66.2 Å². The zero-order valence-electron chi connectivity index (χ0n) is 71.3. The molecule has 0 radical (unpaired) electrons. The van der Waals surface area contributed by atoms with Gasteiger partial charge in [-0.05, 0) is 214 Å². The lowest BCUT2D eigenvalue weighted by Crippen LogP contribution is -2.53. The molecule has 10 N–H and O–H groups in total. The molecule has 5 rings (SSSR count). The summed E-state index contributed by atoms with van der Waals surface area (Å²) in [5.41, 5.74) is 8.15. The van der Waals surface area contributed by atoms with Gasteiger partial charge in [0.05, 0.1) is 66.8 Å². The molecule has 0 aromatic heterocycles. The van der Waals surface area contributed by atoms with E-state index < -0.39 is 167 Å². The number of hydrogen-bond acceptors (Lipinski definition) is 19. The lowest BCUT2D eigenvalue weighted by atomic mass is 9.88. The zero-order chi connectivity index (χ0) is 85.2. The average Bonchev–Trinajstić information content (AvgIpc) is 1.63. The molecule has 0 saturated carbocycles. The molecule has 632 valence electrons. The number of esters is 2. The van der Waals surface area contributed by atoms with Gasteiger partial charge in [-0.25, -0.2) is 0 Å². The monoisotopic (exact) mass is 1590 g/mol. The Morgan fingerprint density at radius 3 is 1.64 bits per heavy atom. The van der Waals surface area contributed by atoms with Crippen LogP contribution in [0.5, 0.6) is 5.75 Å². The van der Waals surface area contributed by atoms with Crippen LogP contribution in [0.25, 0.3) is 11.1 Å². The smallest absolute Gasteiger partial charge is 0.308 e. The fourth-order valence-corrected chi connectivity index (χ4v) is 14.3. The molecule has 1 aliphatic heterocycles. The van der Waals surface area contributed by atoms with Gasteiger partial charge in [0, 0.05) is 62.6 Å². The van der Waals surface area contributed by atoms with Gasteiger partial charge in [-0.15, -0.1) is 0 Å². The van der Waals surface area contributed by atoms with Crippen molar-refractivity contribution >= 4 is 58.8 Å². The number of amides is 5. The van der Waals surface area contributed by atoms with Crippen molar-refractivity contribution < 1.29 is 82.2 Å². The predicted octanol–water partition coefficient (Wildman–Crippen LogP) is 10.8. The largest absolute Gasteiger partial charge is 0.488 e. The number of aliphatic hydroxyl groups is 3. The molecule has 0 spiro atoms. The number of aliphatic hydroxyl groups excluding tert-OH is 3. The Kier molecular flexibility index (Phi) is 37.8. The minimum Gasteiger partial charge on any atom is -0.488 e. The highest BCUT2D eigenvalue weighted by atomic mass is 16.6. The number of likely N-dealkylation sites (tertiary alicyclic amines) is 1. The third kappa shape index (κ3) is 33.9. The number of nitrogens with zero attached hydrogens (tertiary/aromatic N) is 1. The van der Waals surface area contributed by atoms with E-state index in [9.17, 15) is 58.5 Å². The van der Waals surface area contributed by atoms with Crippen LogP contribution >= 0.6 is 0 Å². The summed E-state index contributed by atoms with van der Waals surface area (Å²) in [6.45, 7) is 34.5. The van der Waals surface area contributed by atoms with E-state index in [1.807, 2.05) is 120 Å². The van der Waals surface area contributed by atoms with Gasteiger partial charge >= 0.3 is 11.9 Å². The molecule has 24 heteroatoms. The number of Topliss-reactive ketones (excluding diaryl/α,β-unsaturated/α-hetero) is 3. The average molecular weight is 1590 g/mol. The Balaban J connectivity index is 1.44. The van der Waals surface area contributed by atoms with Crippen LogP contribution in [0.15, 0.2) is 103 Å². The Morgan fingerprint density at radius 2 is 1.09 bits per heavy atom. The molecule has 4 aromatic rings. The summed E-state index contributed by atoms with van der Waals surface area (Å²) in [6.07, 6.45) is -6.19. The zero-order valence-corrected chi connectivity index (χ0v) is 71.3. The number of nitrogens with one attached hydrogen (secondary N) is 5.